The Hall–Kier alpha value is -2.44. The lowest BCUT2D eigenvalue weighted by Crippen LogP contribution is -2.02. The first-order valence-electron chi connectivity index (χ1n) is 5.63. The fourth-order valence-electron chi connectivity index (χ4n) is 2.01. The molecule has 0 bridgehead atoms. The lowest BCUT2D eigenvalue weighted by atomic mass is 10.1. The van der Waals surface area contributed by atoms with E-state index in [4.69, 9.17) is 0 Å². The van der Waals surface area contributed by atoms with Crippen LogP contribution in [0.15, 0.2) is 18.5 Å². The summed E-state index contributed by atoms with van der Waals surface area (Å²) >= 11 is 0. The van der Waals surface area contributed by atoms with Gasteiger partial charge in [0.2, 0.25) is 0 Å². The maximum Gasteiger partial charge on any atom is 0.199 e. The minimum atomic E-state index is -1.89. The van der Waals surface area contributed by atoms with Gasteiger partial charge in [0.05, 0.1) is 11.1 Å². The van der Waals surface area contributed by atoms with Crippen LogP contribution in [0, 0.1) is 30.2 Å². The number of hydrogen-bond donors (Lipinski definition) is 1. The summed E-state index contributed by atoms with van der Waals surface area (Å²) in [6.45, 7) is 1.75. The third-order valence-corrected chi connectivity index (χ3v) is 2.94. The minimum Gasteiger partial charge on any atom is -0.357 e. The highest BCUT2D eigenvalue weighted by molar-refractivity contribution is 5.92. The molecule has 0 aliphatic heterocycles. The predicted molar refractivity (Wildman–Crippen MR) is 63.9 cm³/mol. The SMILES string of the molecule is Cc1ccc(-c2ncnc3c(F)c(F)c(F)c(F)c23)[nH]1. The van der Waals surface area contributed by atoms with Crippen molar-refractivity contribution in [2.75, 3.05) is 0 Å². The molecule has 0 spiro atoms. The molecular weight excluding hydrogens is 274 g/mol. The van der Waals surface area contributed by atoms with Gasteiger partial charge in [0.1, 0.15) is 17.5 Å². The second-order valence-corrected chi connectivity index (χ2v) is 4.26. The normalized spacial score (nSPS) is 11.2. The van der Waals surface area contributed by atoms with E-state index in [-0.39, 0.29) is 5.69 Å². The number of benzene rings is 1. The average Bonchev–Trinajstić information content (AvgIpc) is 2.88. The molecule has 0 radical (unpaired) electrons. The highest BCUT2D eigenvalue weighted by Crippen LogP contribution is 2.31. The molecule has 0 unspecified atom stereocenters. The number of aromatic nitrogens is 3. The molecule has 3 rings (SSSR count). The topological polar surface area (TPSA) is 41.6 Å². The van der Waals surface area contributed by atoms with Gasteiger partial charge in [-0.15, -0.1) is 0 Å². The molecule has 0 aliphatic carbocycles. The van der Waals surface area contributed by atoms with Gasteiger partial charge in [-0.05, 0) is 19.1 Å². The van der Waals surface area contributed by atoms with Crippen LogP contribution in [0.5, 0.6) is 0 Å². The quantitative estimate of drug-likeness (QED) is 0.421. The molecule has 1 N–H and O–H groups in total. The Morgan fingerprint density at radius 3 is 2.25 bits per heavy atom. The third-order valence-electron chi connectivity index (χ3n) is 2.94. The molecule has 0 saturated heterocycles. The molecule has 0 fully saturated rings. The van der Waals surface area contributed by atoms with Crippen LogP contribution in [0.3, 0.4) is 0 Å². The van der Waals surface area contributed by atoms with E-state index in [0.717, 1.165) is 12.0 Å². The monoisotopic (exact) mass is 281 g/mol. The van der Waals surface area contributed by atoms with E-state index in [0.29, 0.717) is 5.69 Å². The summed E-state index contributed by atoms with van der Waals surface area (Å²) in [6.07, 6.45) is 0.966. The molecule has 0 saturated carbocycles. The van der Waals surface area contributed by atoms with Gasteiger partial charge in [-0.3, -0.25) is 0 Å². The zero-order chi connectivity index (χ0) is 14.4. The summed E-state index contributed by atoms with van der Waals surface area (Å²) in [5.74, 6) is -6.82. The summed E-state index contributed by atoms with van der Waals surface area (Å²) in [5, 5.41) is -0.495. The highest BCUT2D eigenvalue weighted by Gasteiger charge is 2.24. The maximum atomic E-state index is 13.9. The number of fused-ring (bicyclic) bond motifs is 1. The minimum absolute atomic E-state index is 0.0293. The molecule has 20 heavy (non-hydrogen) atoms. The number of aryl methyl sites for hydroxylation is 1. The van der Waals surface area contributed by atoms with Gasteiger partial charge in [-0.25, -0.2) is 27.5 Å². The predicted octanol–water partition coefficient (Wildman–Crippen LogP) is 3.49. The summed E-state index contributed by atoms with van der Waals surface area (Å²) in [6, 6.07) is 3.27. The van der Waals surface area contributed by atoms with Crippen LogP contribution in [0.1, 0.15) is 5.69 Å². The second kappa shape index (κ2) is 4.29. The molecule has 7 heteroatoms. The molecular formula is C13H7F4N3. The zero-order valence-electron chi connectivity index (χ0n) is 10.1. The van der Waals surface area contributed by atoms with E-state index in [1.807, 2.05) is 0 Å². The second-order valence-electron chi connectivity index (χ2n) is 4.26. The summed E-state index contributed by atoms with van der Waals surface area (Å²) < 4.78 is 54.1. The fourth-order valence-corrected chi connectivity index (χ4v) is 2.01. The third kappa shape index (κ3) is 1.66. The molecule has 102 valence electrons. The fraction of sp³-hybridized carbons (Fsp3) is 0.0769. The Morgan fingerprint density at radius 2 is 1.60 bits per heavy atom. The molecule has 0 amide bonds. The molecule has 2 aromatic heterocycles. The van der Waals surface area contributed by atoms with Crippen LogP contribution in [-0.2, 0) is 0 Å². The van der Waals surface area contributed by atoms with Crippen molar-refractivity contribution in [1.29, 1.82) is 0 Å². The van der Waals surface area contributed by atoms with Gasteiger partial charge in [0.15, 0.2) is 23.3 Å². The molecule has 3 aromatic rings. The lowest BCUT2D eigenvalue weighted by Gasteiger charge is -2.07. The summed E-state index contributed by atoms with van der Waals surface area (Å²) in [7, 11) is 0. The lowest BCUT2D eigenvalue weighted by molar-refractivity contribution is 0.417. The number of nitrogens with zero attached hydrogens (tertiary/aromatic N) is 2. The van der Waals surface area contributed by atoms with E-state index >= 15 is 0 Å². The van der Waals surface area contributed by atoms with E-state index in [1.54, 1.807) is 19.1 Å². The van der Waals surface area contributed by atoms with Crippen LogP contribution < -0.4 is 0 Å². The standard InChI is InChI=1S/C13H7F4N3/c1-5-2-3-6(20-5)12-7-8(14)9(15)10(16)11(17)13(7)19-4-18-12/h2-4,20H,1H3. The van der Waals surface area contributed by atoms with Crippen molar-refractivity contribution in [1.82, 2.24) is 15.0 Å². The first kappa shape index (κ1) is 12.6. The van der Waals surface area contributed by atoms with Crippen molar-refractivity contribution in [3.05, 3.63) is 47.4 Å². The molecule has 0 atom stereocenters. The van der Waals surface area contributed by atoms with Gasteiger partial charge in [0, 0.05) is 5.69 Å². The first-order chi connectivity index (χ1) is 9.50. The van der Waals surface area contributed by atoms with Crippen LogP contribution in [0.25, 0.3) is 22.3 Å². The summed E-state index contributed by atoms with van der Waals surface area (Å²) in [4.78, 5) is 10.2. The van der Waals surface area contributed by atoms with Crippen LogP contribution in [-0.4, -0.2) is 15.0 Å². The number of nitrogens with one attached hydrogen (secondary N) is 1. The van der Waals surface area contributed by atoms with Crippen molar-refractivity contribution in [2.45, 2.75) is 6.92 Å². The smallest absolute Gasteiger partial charge is 0.199 e. The largest absolute Gasteiger partial charge is 0.357 e. The van der Waals surface area contributed by atoms with Gasteiger partial charge in [-0.2, -0.15) is 0 Å². The van der Waals surface area contributed by atoms with E-state index < -0.39 is 34.2 Å². The van der Waals surface area contributed by atoms with Crippen molar-refractivity contribution >= 4 is 10.9 Å². The van der Waals surface area contributed by atoms with Gasteiger partial charge >= 0.3 is 0 Å². The molecule has 0 aliphatic rings. The number of halogens is 4. The number of aromatic amines is 1. The van der Waals surface area contributed by atoms with Crippen molar-refractivity contribution in [3.8, 4) is 11.4 Å². The van der Waals surface area contributed by atoms with Gasteiger partial charge in [0.25, 0.3) is 0 Å². The van der Waals surface area contributed by atoms with E-state index in [9.17, 15) is 17.6 Å². The molecule has 2 heterocycles. The van der Waals surface area contributed by atoms with E-state index in [2.05, 4.69) is 15.0 Å². The zero-order valence-corrected chi connectivity index (χ0v) is 10.1. The Balaban J connectivity index is 2.46. The van der Waals surface area contributed by atoms with Crippen molar-refractivity contribution in [2.24, 2.45) is 0 Å². The van der Waals surface area contributed by atoms with Gasteiger partial charge in [-0.1, -0.05) is 0 Å². The highest BCUT2D eigenvalue weighted by atomic mass is 19.2. The molecule has 3 nitrogen and oxygen atoms in total. The van der Waals surface area contributed by atoms with Crippen LogP contribution in [0.4, 0.5) is 17.6 Å². The first-order valence-corrected chi connectivity index (χ1v) is 5.63. The Labute approximate surface area is 110 Å². The van der Waals surface area contributed by atoms with Crippen molar-refractivity contribution in [3.63, 3.8) is 0 Å². The Bertz CT molecular complexity index is 826. The van der Waals surface area contributed by atoms with Crippen LogP contribution in [0.2, 0.25) is 0 Å². The van der Waals surface area contributed by atoms with Crippen LogP contribution >= 0.6 is 0 Å². The van der Waals surface area contributed by atoms with Crippen molar-refractivity contribution < 1.29 is 17.6 Å². The maximum absolute atomic E-state index is 13.9. The number of rotatable bonds is 1. The number of hydrogen-bond acceptors (Lipinski definition) is 2. The Morgan fingerprint density at radius 1 is 0.900 bits per heavy atom. The molecule has 1 aromatic carbocycles. The van der Waals surface area contributed by atoms with Gasteiger partial charge < -0.3 is 4.98 Å². The average molecular weight is 281 g/mol. The summed E-state index contributed by atoms with van der Waals surface area (Å²) in [5.41, 5.74) is 0.492. The van der Waals surface area contributed by atoms with E-state index in [1.165, 1.54) is 0 Å². The Kier molecular flexibility index (Phi) is 2.70. The number of H-pyrrole nitrogens is 1.